The SMILES string of the molecule is CCn1ncc(NCc2cnn(C(C)C)c2)c1C.Cl. The number of rotatable bonds is 5. The predicted octanol–water partition coefficient (Wildman–Crippen LogP) is 3.02. The van der Waals surface area contributed by atoms with Crippen molar-refractivity contribution in [3.05, 3.63) is 29.8 Å². The van der Waals surface area contributed by atoms with Crippen LogP contribution in [0.3, 0.4) is 0 Å². The van der Waals surface area contributed by atoms with E-state index in [0.29, 0.717) is 6.04 Å². The highest BCUT2D eigenvalue weighted by atomic mass is 35.5. The molecule has 2 rings (SSSR count). The van der Waals surface area contributed by atoms with Crippen molar-refractivity contribution in [3.8, 4) is 0 Å². The van der Waals surface area contributed by atoms with Crippen molar-refractivity contribution in [1.29, 1.82) is 0 Å². The van der Waals surface area contributed by atoms with E-state index in [9.17, 15) is 0 Å². The Morgan fingerprint density at radius 1 is 1.26 bits per heavy atom. The van der Waals surface area contributed by atoms with Gasteiger partial charge in [-0.2, -0.15) is 10.2 Å². The Balaban J connectivity index is 0.00000180. The Labute approximate surface area is 120 Å². The number of nitrogens with zero attached hydrogens (tertiary/aromatic N) is 4. The number of hydrogen-bond donors (Lipinski definition) is 1. The van der Waals surface area contributed by atoms with Crippen LogP contribution < -0.4 is 5.32 Å². The maximum atomic E-state index is 4.33. The Hall–Kier alpha value is -1.49. The summed E-state index contributed by atoms with van der Waals surface area (Å²) in [7, 11) is 0. The Morgan fingerprint density at radius 2 is 2.00 bits per heavy atom. The molecule has 2 aromatic rings. The van der Waals surface area contributed by atoms with Gasteiger partial charge in [0.15, 0.2) is 0 Å². The molecule has 0 spiro atoms. The summed E-state index contributed by atoms with van der Waals surface area (Å²) in [6.07, 6.45) is 5.87. The van der Waals surface area contributed by atoms with Gasteiger partial charge in [0.25, 0.3) is 0 Å². The summed E-state index contributed by atoms with van der Waals surface area (Å²) >= 11 is 0. The number of anilines is 1. The quantitative estimate of drug-likeness (QED) is 0.917. The van der Waals surface area contributed by atoms with Crippen molar-refractivity contribution < 1.29 is 0 Å². The number of nitrogens with one attached hydrogen (secondary N) is 1. The van der Waals surface area contributed by atoms with Crippen molar-refractivity contribution in [3.63, 3.8) is 0 Å². The van der Waals surface area contributed by atoms with Crippen LogP contribution in [0, 0.1) is 6.92 Å². The van der Waals surface area contributed by atoms with E-state index in [0.717, 1.165) is 18.8 Å². The summed E-state index contributed by atoms with van der Waals surface area (Å²) in [5.74, 6) is 0. The molecule has 0 radical (unpaired) electrons. The van der Waals surface area contributed by atoms with E-state index >= 15 is 0 Å². The molecule has 2 aromatic heterocycles. The topological polar surface area (TPSA) is 47.7 Å². The van der Waals surface area contributed by atoms with Crippen LogP contribution in [-0.4, -0.2) is 19.6 Å². The zero-order chi connectivity index (χ0) is 13.1. The lowest BCUT2D eigenvalue weighted by molar-refractivity contribution is 0.532. The lowest BCUT2D eigenvalue weighted by Gasteiger charge is -2.05. The van der Waals surface area contributed by atoms with E-state index in [1.807, 2.05) is 21.8 Å². The zero-order valence-electron chi connectivity index (χ0n) is 11.9. The fraction of sp³-hybridized carbons (Fsp3) is 0.538. The van der Waals surface area contributed by atoms with E-state index in [4.69, 9.17) is 0 Å². The van der Waals surface area contributed by atoms with Gasteiger partial charge in [0.1, 0.15) is 0 Å². The number of aryl methyl sites for hydroxylation is 1. The first-order chi connectivity index (χ1) is 8.61. The molecule has 0 fully saturated rings. The molecule has 1 N–H and O–H groups in total. The van der Waals surface area contributed by atoms with Gasteiger partial charge in [-0.15, -0.1) is 12.4 Å². The van der Waals surface area contributed by atoms with Crippen LogP contribution in [0.15, 0.2) is 18.6 Å². The van der Waals surface area contributed by atoms with Gasteiger partial charge >= 0.3 is 0 Å². The number of halogens is 1. The molecular weight excluding hydrogens is 262 g/mol. The number of hydrogen-bond acceptors (Lipinski definition) is 3. The number of aromatic nitrogens is 4. The van der Waals surface area contributed by atoms with Crippen LogP contribution in [0.1, 0.15) is 38.1 Å². The molecule has 0 aromatic carbocycles. The minimum atomic E-state index is 0. The lowest BCUT2D eigenvalue weighted by Crippen LogP contribution is -2.03. The first-order valence-corrected chi connectivity index (χ1v) is 6.41. The Kier molecular flexibility index (Phi) is 5.42. The van der Waals surface area contributed by atoms with E-state index in [1.165, 1.54) is 11.3 Å². The predicted molar refractivity (Wildman–Crippen MR) is 79.8 cm³/mol. The highest BCUT2D eigenvalue weighted by Gasteiger charge is 2.06. The summed E-state index contributed by atoms with van der Waals surface area (Å²) < 4.78 is 3.96. The second kappa shape index (κ2) is 6.61. The second-order valence-corrected chi connectivity index (χ2v) is 4.74. The van der Waals surface area contributed by atoms with Gasteiger partial charge in [-0.25, -0.2) is 0 Å². The molecule has 0 aliphatic rings. The molecule has 0 bridgehead atoms. The van der Waals surface area contributed by atoms with Crippen LogP contribution in [0.4, 0.5) is 5.69 Å². The molecule has 0 aliphatic heterocycles. The minimum absolute atomic E-state index is 0. The van der Waals surface area contributed by atoms with Gasteiger partial charge < -0.3 is 5.32 Å². The van der Waals surface area contributed by atoms with Crippen molar-refractivity contribution in [2.45, 2.75) is 46.8 Å². The molecule has 6 heteroatoms. The van der Waals surface area contributed by atoms with Crippen LogP contribution in [0.25, 0.3) is 0 Å². The average Bonchev–Trinajstić information content (AvgIpc) is 2.93. The third kappa shape index (κ3) is 3.50. The summed E-state index contributed by atoms with van der Waals surface area (Å²) in [6.45, 7) is 10.1. The molecule has 106 valence electrons. The van der Waals surface area contributed by atoms with E-state index in [-0.39, 0.29) is 12.4 Å². The Morgan fingerprint density at radius 3 is 2.53 bits per heavy atom. The summed E-state index contributed by atoms with van der Waals surface area (Å²) in [5.41, 5.74) is 3.45. The molecule has 0 saturated heterocycles. The van der Waals surface area contributed by atoms with Gasteiger partial charge in [0.2, 0.25) is 0 Å². The fourth-order valence-electron chi connectivity index (χ4n) is 1.89. The second-order valence-electron chi connectivity index (χ2n) is 4.74. The van der Waals surface area contributed by atoms with Crippen LogP contribution in [0.5, 0.6) is 0 Å². The highest BCUT2D eigenvalue weighted by molar-refractivity contribution is 5.85. The van der Waals surface area contributed by atoms with Crippen LogP contribution in [0.2, 0.25) is 0 Å². The summed E-state index contributed by atoms with van der Waals surface area (Å²) in [5, 5.41) is 12.0. The molecule has 0 saturated carbocycles. The molecule has 2 heterocycles. The highest BCUT2D eigenvalue weighted by Crippen LogP contribution is 2.15. The van der Waals surface area contributed by atoms with Crippen molar-refractivity contribution in [1.82, 2.24) is 19.6 Å². The molecule has 0 atom stereocenters. The van der Waals surface area contributed by atoms with Crippen molar-refractivity contribution in [2.75, 3.05) is 5.32 Å². The van der Waals surface area contributed by atoms with Gasteiger partial charge in [-0.1, -0.05) is 0 Å². The molecular formula is C13H22ClN5. The van der Waals surface area contributed by atoms with E-state index in [1.54, 1.807) is 0 Å². The third-order valence-corrected chi connectivity index (χ3v) is 3.07. The zero-order valence-corrected chi connectivity index (χ0v) is 12.7. The monoisotopic (exact) mass is 283 g/mol. The van der Waals surface area contributed by atoms with E-state index < -0.39 is 0 Å². The maximum Gasteiger partial charge on any atom is 0.0758 e. The maximum absolute atomic E-state index is 4.33. The summed E-state index contributed by atoms with van der Waals surface area (Å²) in [6, 6.07) is 0.406. The molecule has 0 unspecified atom stereocenters. The smallest absolute Gasteiger partial charge is 0.0758 e. The van der Waals surface area contributed by atoms with Gasteiger partial charge in [-0.3, -0.25) is 9.36 Å². The first-order valence-electron chi connectivity index (χ1n) is 6.41. The largest absolute Gasteiger partial charge is 0.378 e. The molecule has 19 heavy (non-hydrogen) atoms. The minimum Gasteiger partial charge on any atom is -0.378 e. The van der Waals surface area contributed by atoms with Crippen LogP contribution >= 0.6 is 12.4 Å². The van der Waals surface area contributed by atoms with Crippen LogP contribution in [-0.2, 0) is 13.1 Å². The molecule has 0 amide bonds. The van der Waals surface area contributed by atoms with Crippen molar-refractivity contribution >= 4 is 18.1 Å². The lowest BCUT2D eigenvalue weighted by atomic mass is 10.3. The average molecular weight is 284 g/mol. The fourth-order valence-corrected chi connectivity index (χ4v) is 1.89. The van der Waals surface area contributed by atoms with Gasteiger partial charge in [0, 0.05) is 30.9 Å². The normalized spacial score (nSPS) is 10.6. The summed E-state index contributed by atoms with van der Waals surface area (Å²) in [4.78, 5) is 0. The van der Waals surface area contributed by atoms with Gasteiger partial charge in [0.05, 0.1) is 23.8 Å². The third-order valence-electron chi connectivity index (χ3n) is 3.07. The van der Waals surface area contributed by atoms with Crippen molar-refractivity contribution in [2.24, 2.45) is 0 Å². The van der Waals surface area contributed by atoms with Gasteiger partial charge in [-0.05, 0) is 27.7 Å². The molecule has 5 nitrogen and oxygen atoms in total. The van der Waals surface area contributed by atoms with E-state index in [2.05, 4.69) is 49.4 Å². The first kappa shape index (κ1) is 15.6. The molecule has 0 aliphatic carbocycles. The standard InChI is InChI=1S/C13H21N5.ClH/c1-5-17-11(4)13(8-16-17)14-6-12-7-15-18(9-12)10(2)3;/h7-10,14H,5-6H2,1-4H3;1H. The Bertz CT molecular complexity index is 515.